The summed E-state index contributed by atoms with van der Waals surface area (Å²) in [7, 11) is 0. The first-order valence-corrected chi connectivity index (χ1v) is 7.10. The first-order chi connectivity index (χ1) is 8.60. The molecule has 0 atom stereocenters. The van der Waals surface area contributed by atoms with E-state index in [2.05, 4.69) is 13.0 Å². The summed E-state index contributed by atoms with van der Waals surface area (Å²) in [6.07, 6.45) is 0. The van der Waals surface area contributed by atoms with Gasteiger partial charge in [-0.15, -0.1) is 0 Å². The highest BCUT2D eigenvalue weighted by molar-refractivity contribution is 7.99. The van der Waals surface area contributed by atoms with Gasteiger partial charge in [-0.05, 0) is 36.2 Å². The lowest BCUT2D eigenvalue weighted by Gasteiger charge is -2.11. The smallest absolute Gasteiger partial charge is 0.0432 e. The van der Waals surface area contributed by atoms with Crippen molar-refractivity contribution in [1.82, 2.24) is 0 Å². The van der Waals surface area contributed by atoms with Crippen molar-refractivity contribution in [2.75, 3.05) is 0 Å². The molecular formula is C14H13Cl2NS. The predicted octanol–water partition coefficient (Wildman–Crippen LogP) is 4.91. The van der Waals surface area contributed by atoms with E-state index in [0.717, 1.165) is 10.5 Å². The van der Waals surface area contributed by atoms with Gasteiger partial charge in [0.1, 0.15) is 0 Å². The Bertz CT molecular complexity index is 549. The zero-order chi connectivity index (χ0) is 13.1. The van der Waals surface area contributed by atoms with E-state index in [1.54, 1.807) is 17.8 Å². The second kappa shape index (κ2) is 5.98. The fraction of sp³-hybridized carbons (Fsp3) is 0.143. The van der Waals surface area contributed by atoms with Crippen LogP contribution in [0, 0.1) is 6.92 Å². The van der Waals surface area contributed by atoms with Gasteiger partial charge in [-0.1, -0.05) is 53.2 Å². The van der Waals surface area contributed by atoms with Crippen LogP contribution >= 0.6 is 35.0 Å². The molecule has 0 radical (unpaired) electrons. The Hall–Kier alpha value is -0.670. The monoisotopic (exact) mass is 297 g/mol. The van der Waals surface area contributed by atoms with Crippen molar-refractivity contribution >= 4 is 35.0 Å². The summed E-state index contributed by atoms with van der Waals surface area (Å²) >= 11 is 13.7. The van der Waals surface area contributed by atoms with E-state index in [4.69, 9.17) is 28.9 Å². The van der Waals surface area contributed by atoms with Crippen molar-refractivity contribution in [2.45, 2.75) is 23.3 Å². The molecule has 94 valence electrons. The number of rotatable bonds is 3. The minimum Gasteiger partial charge on any atom is -0.326 e. The highest BCUT2D eigenvalue weighted by atomic mass is 35.5. The molecule has 0 aliphatic heterocycles. The molecule has 0 amide bonds. The van der Waals surface area contributed by atoms with Gasteiger partial charge >= 0.3 is 0 Å². The van der Waals surface area contributed by atoms with E-state index in [0.29, 0.717) is 16.6 Å². The molecule has 2 aromatic rings. The summed E-state index contributed by atoms with van der Waals surface area (Å²) in [5, 5.41) is 1.29. The van der Waals surface area contributed by atoms with Gasteiger partial charge in [-0.2, -0.15) is 0 Å². The van der Waals surface area contributed by atoms with E-state index in [-0.39, 0.29) is 0 Å². The Morgan fingerprint density at radius 2 is 1.78 bits per heavy atom. The molecule has 0 aliphatic rings. The van der Waals surface area contributed by atoms with Gasteiger partial charge in [0.05, 0.1) is 0 Å². The Balaban J connectivity index is 2.39. The van der Waals surface area contributed by atoms with Gasteiger partial charge in [0.25, 0.3) is 0 Å². The Kier molecular flexibility index (Phi) is 4.57. The van der Waals surface area contributed by atoms with Gasteiger partial charge in [0.2, 0.25) is 0 Å². The summed E-state index contributed by atoms with van der Waals surface area (Å²) in [5.74, 6) is 0. The van der Waals surface area contributed by atoms with Crippen LogP contribution < -0.4 is 5.73 Å². The average Bonchev–Trinajstić information content (AvgIpc) is 2.30. The van der Waals surface area contributed by atoms with Gasteiger partial charge in [-0.25, -0.2) is 0 Å². The number of halogens is 2. The van der Waals surface area contributed by atoms with Crippen molar-refractivity contribution in [1.29, 1.82) is 0 Å². The third-order valence-electron chi connectivity index (χ3n) is 2.57. The maximum absolute atomic E-state index is 6.01. The van der Waals surface area contributed by atoms with Crippen LogP contribution in [0.25, 0.3) is 0 Å². The molecule has 0 saturated carbocycles. The molecule has 0 unspecified atom stereocenters. The molecule has 0 heterocycles. The Labute approximate surface area is 121 Å². The zero-order valence-corrected chi connectivity index (χ0v) is 12.2. The quantitative estimate of drug-likeness (QED) is 0.871. The van der Waals surface area contributed by atoms with E-state index in [1.807, 2.05) is 24.3 Å². The van der Waals surface area contributed by atoms with Gasteiger partial charge in [0, 0.05) is 26.4 Å². The fourth-order valence-electron chi connectivity index (χ4n) is 1.73. The lowest BCUT2D eigenvalue weighted by atomic mass is 10.1. The first kappa shape index (κ1) is 13.8. The van der Waals surface area contributed by atoms with Crippen LogP contribution in [0.4, 0.5) is 0 Å². The van der Waals surface area contributed by atoms with Crippen LogP contribution in [0.3, 0.4) is 0 Å². The molecule has 2 N–H and O–H groups in total. The second-order valence-corrected chi connectivity index (χ2v) is 5.93. The third kappa shape index (κ3) is 3.21. The molecule has 0 saturated heterocycles. The topological polar surface area (TPSA) is 26.0 Å². The Morgan fingerprint density at radius 1 is 1.11 bits per heavy atom. The van der Waals surface area contributed by atoms with Crippen molar-refractivity contribution < 1.29 is 0 Å². The fourth-order valence-corrected chi connectivity index (χ4v) is 3.50. The number of benzene rings is 2. The van der Waals surface area contributed by atoms with Crippen LogP contribution in [-0.2, 0) is 6.54 Å². The molecule has 1 nitrogen and oxygen atoms in total. The molecule has 18 heavy (non-hydrogen) atoms. The largest absolute Gasteiger partial charge is 0.326 e. The van der Waals surface area contributed by atoms with Gasteiger partial charge in [-0.3, -0.25) is 0 Å². The van der Waals surface area contributed by atoms with Crippen LogP contribution in [0.1, 0.15) is 11.1 Å². The molecule has 2 rings (SSSR count). The van der Waals surface area contributed by atoms with E-state index >= 15 is 0 Å². The summed E-state index contributed by atoms with van der Waals surface area (Å²) in [6.45, 7) is 2.60. The SMILES string of the molecule is Cc1cccc(CN)c1Sc1cc(Cl)cc(Cl)c1. The Morgan fingerprint density at radius 3 is 2.39 bits per heavy atom. The molecule has 0 bridgehead atoms. The van der Waals surface area contributed by atoms with Crippen LogP contribution in [0.2, 0.25) is 10.0 Å². The van der Waals surface area contributed by atoms with E-state index in [9.17, 15) is 0 Å². The summed E-state index contributed by atoms with van der Waals surface area (Å²) < 4.78 is 0. The van der Waals surface area contributed by atoms with Crippen molar-refractivity contribution in [2.24, 2.45) is 5.73 Å². The van der Waals surface area contributed by atoms with Crippen LogP contribution in [0.15, 0.2) is 46.2 Å². The van der Waals surface area contributed by atoms with Crippen molar-refractivity contribution in [3.63, 3.8) is 0 Å². The summed E-state index contributed by atoms with van der Waals surface area (Å²) in [5.41, 5.74) is 8.11. The lowest BCUT2D eigenvalue weighted by Crippen LogP contribution is -1.99. The molecular weight excluding hydrogens is 285 g/mol. The molecule has 4 heteroatoms. The maximum atomic E-state index is 6.01. The molecule has 2 aromatic carbocycles. The first-order valence-electron chi connectivity index (χ1n) is 5.52. The highest BCUT2D eigenvalue weighted by Crippen LogP contribution is 2.35. The minimum atomic E-state index is 0.526. The number of aryl methyl sites for hydroxylation is 1. The average molecular weight is 298 g/mol. The molecule has 0 spiro atoms. The summed E-state index contributed by atoms with van der Waals surface area (Å²) in [4.78, 5) is 2.20. The van der Waals surface area contributed by atoms with Gasteiger partial charge < -0.3 is 5.73 Å². The van der Waals surface area contributed by atoms with E-state index in [1.165, 1.54) is 10.5 Å². The predicted molar refractivity (Wildman–Crippen MR) is 79.7 cm³/mol. The number of nitrogens with two attached hydrogens (primary N) is 1. The highest BCUT2D eigenvalue weighted by Gasteiger charge is 2.07. The molecule has 0 aromatic heterocycles. The minimum absolute atomic E-state index is 0.526. The maximum Gasteiger partial charge on any atom is 0.0432 e. The van der Waals surface area contributed by atoms with E-state index < -0.39 is 0 Å². The van der Waals surface area contributed by atoms with Crippen molar-refractivity contribution in [3.8, 4) is 0 Å². The standard InChI is InChI=1S/C14H13Cl2NS/c1-9-3-2-4-10(8-17)14(9)18-13-6-11(15)5-12(16)7-13/h2-7H,8,17H2,1H3. The number of hydrogen-bond acceptors (Lipinski definition) is 2. The van der Waals surface area contributed by atoms with Crippen LogP contribution in [0.5, 0.6) is 0 Å². The normalized spacial score (nSPS) is 10.7. The van der Waals surface area contributed by atoms with Crippen LogP contribution in [-0.4, -0.2) is 0 Å². The third-order valence-corrected chi connectivity index (χ3v) is 4.27. The van der Waals surface area contributed by atoms with Crippen molar-refractivity contribution in [3.05, 3.63) is 57.6 Å². The molecule has 0 aliphatic carbocycles. The summed E-state index contributed by atoms with van der Waals surface area (Å²) in [6, 6.07) is 11.7. The number of hydrogen-bond donors (Lipinski definition) is 1. The second-order valence-electron chi connectivity index (χ2n) is 3.97. The zero-order valence-electron chi connectivity index (χ0n) is 9.91. The van der Waals surface area contributed by atoms with Gasteiger partial charge in [0.15, 0.2) is 0 Å². The molecule has 0 fully saturated rings. The lowest BCUT2D eigenvalue weighted by molar-refractivity contribution is 1.01.